The maximum atomic E-state index is 11.6. The monoisotopic (exact) mass is 201 g/mol. The number of aliphatic hydroxyl groups is 2. The molecule has 1 saturated heterocycles. The van der Waals surface area contributed by atoms with Gasteiger partial charge in [0.05, 0.1) is 0 Å². The second kappa shape index (κ2) is 4.28. The van der Waals surface area contributed by atoms with E-state index in [1.807, 2.05) is 0 Å². The average Bonchev–Trinajstić information content (AvgIpc) is 2.50. The van der Waals surface area contributed by atoms with Crippen LogP contribution in [0.15, 0.2) is 0 Å². The van der Waals surface area contributed by atoms with Crippen LogP contribution in [0.5, 0.6) is 0 Å². The molecule has 1 aliphatic rings. The summed E-state index contributed by atoms with van der Waals surface area (Å²) in [5, 5.41) is 18.3. The first kappa shape index (κ1) is 11.5. The molecule has 1 rings (SSSR count). The van der Waals surface area contributed by atoms with E-state index in [0.29, 0.717) is 19.0 Å². The third-order valence-electron chi connectivity index (χ3n) is 2.63. The Hall–Kier alpha value is -0.610. The third-order valence-corrected chi connectivity index (χ3v) is 2.63. The molecular formula is C10H19NO3. The Morgan fingerprint density at radius 3 is 2.71 bits per heavy atom. The summed E-state index contributed by atoms with van der Waals surface area (Å²) >= 11 is 0. The maximum Gasteiger partial charge on any atom is 0.253 e. The molecule has 1 heterocycles. The number of amides is 1. The molecule has 4 heteroatoms. The van der Waals surface area contributed by atoms with Crippen molar-refractivity contribution in [2.75, 3.05) is 19.7 Å². The van der Waals surface area contributed by atoms with Crippen LogP contribution in [-0.2, 0) is 4.79 Å². The third kappa shape index (κ3) is 2.69. The van der Waals surface area contributed by atoms with Gasteiger partial charge >= 0.3 is 0 Å². The number of carbonyl (C=O) groups is 1. The maximum absolute atomic E-state index is 11.6. The highest BCUT2D eigenvalue weighted by atomic mass is 16.3. The molecule has 0 aromatic carbocycles. The number of hydrogen-bond donors (Lipinski definition) is 2. The number of hydrogen-bond acceptors (Lipinski definition) is 3. The van der Waals surface area contributed by atoms with Gasteiger partial charge < -0.3 is 15.1 Å². The van der Waals surface area contributed by atoms with E-state index in [0.717, 1.165) is 12.8 Å². The Kier molecular flexibility index (Phi) is 3.50. The average molecular weight is 201 g/mol. The first-order chi connectivity index (χ1) is 6.45. The zero-order chi connectivity index (χ0) is 10.8. The van der Waals surface area contributed by atoms with E-state index in [2.05, 4.69) is 0 Å². The molecular weight excluding hydrogens is 182 g/mol. The van der Waals surface area contributed by atoms with Crippen molar-refractivity contribution in [3.05, 3.63) is 0 Å². The molecule has 1 fully saturated rings. The highest BCUT2D eigenvalue weighted by molar-refractivity contribution is 5.84. The fourth-order valence-electron chi connectivity index (χ4n) is 1.82. The zero-order valence-electron chi connectivity index (χ0n) is 8.86. The normalized spacial score (nSPS) is 22.9. The van der Waals surface area contributed by atoms with E-state index < -0.39 is 5.60 Å². The Morgan fingerprint density at radius 1 is 1.57 bits per heavy atom. The minimum Gasteiger partial charge on any atom is -0.396 e. The van der Waals surface area contributed by atoms with E-state index in [1.54, 1.807) is 4.90 Å². The van der Waals surface area contributed by atoms with Crippen LogP contribution in [-0.4, -0.2) is 46.3 Å². The number of carbonyl (C=O) groups excluding carboxylic acids is 1. The first-order valence-electron chi connectivity index (χ1n) is 5.07. The molecule has 1 aliphatic heterocycles. The van der Waals surface area contributed by atoms with Crippen LogP contribution in [0.4, 0.5) is 0 Å². The lowest BCUT2D eigenvalue weighted by Gasteiger charge is -2.24. The Labute approximate surface area is 84.5 Å². The largest absolute Gasteiger partial charge is 0.396 e. The molecule has 0 aromatic heterocycles. The van der Waals surface area contributed by atoms with Gasteiger partial charge in [0.25, 0.3) is 5.91 Å². The first-order valence-corrected chi connectivity index (χ1v) is 5.07. The van der Waals surface area contributed by atoms with Gasteiger partial charge in [0, 0.05) is 19.7 Å². The number of aliphatic hydroxyl groups excluding tert-OH is 1. The van der Waals surface area contributed by atoms with Gasteiger partial charge in [0.1, 0.15) is 5.60 Å². The highest BCUT2D eigenvalue weighted by Crippen LogP contribution is 2.21. The molecule has 1 unspecified atom stereocenters. The summed E-state index contributed by atoms with van der Waals surface area (Å²) in [6, 6.07) is 0. The van der Waals surface area contributed by atoms with E-state index >= 15 is 0 Å². The molecule has 2 N–H and O–H groups in total. The van der Waals surface area contributed by atoms with E-state index in [1.165, 1.54) is 13.8 Å². The summed E-state index contributed by atoms with van der Waals surface area (Å²) in [5.74, 6) is 0.184. The molecule has 0 aromatic rings. The van der Waals surface area contributed by atoms with Gasteiger partial charge in [0.15, 0.2) is 0 Å². The van der Waals surface area contributed by atoms with Crippen molar-refractivity contribution in [1.29, 1.82) is 0 Å². The zero-order valence-corrected chi connectivity index (χ0v) is 8.86. The molecule has 0 saturated carbocycles. The predicted molar refractivity (Wildman–Crippen MR) is 52.7 cm³/mol. The van der Waals surface area contributed by atoms with Crippen molar-refractivity contribution in [3.63, 3.8) is 0 Å². The molecule has 0 aliphatic carbocycles. The molecule has 0 bridgehead atoms. The van der Waals surface area contributed by atoms with Crippen LogP contribution in [0.25, 0.3) is 0 Å². The lowest BCUT2D eigenvalue weighted by atomic mass is 10.1. The van der Waals surface area contributed by atoms with Crippen molar-refractivity contribution in [2.45, 2.75) is 32.3 Å². The van der Waals surface area contributed by atoms with Crippen LogP contribution in [0.3, 0.4) is 0 Å². The van der Waals surface area contributed by atoms with Gasteiger partial charge in [-0.3, -0.25) is 4.79 Å². The van der Waals surface area contributed by atoms with E-state index in [9.17, 15) is 9.90 Å². The van der Waals surface area contributed by atoms with Gasteiger partial charge in [-0.2, -0.15) is 0 Å². The van der Waals surface area contributed by atoms with Crippen molar-refractivity contribution in [1.82, 2.24) is 4.90 Å². The molecule has 14 heavy (non-hydrogen) atoms. The number of rotatable bonds is 3. The van der Waals surface area contributed by atoms with Crippen LogP contribution < -0.4 is 0 Å². The molecule has 0 spiro atoms. The molecule has 0 radical (unpaired) electrons. The summed E-state index contributed by atoms with van der Waals surface area (Å²) in [6.45, 7) is 4.56. The smallest absolute Gasteiger partial charge is 0.253 e. The molecule has 4 nitrogen and oxygen atoms in total. The van der Waals surface area contributed by atoms with E-state index in [-0.39, 0.29) is 12.5 Å². The fourth-order valence-corrected chi connectivity index (χ4v) is 1.82. The van der Waals surface area contributed by atoms with Gasteiger partial charge in [-0.05, 0) is 32.6 Å². The standard InChI is InChI=1S/C10H19NO3/c1-10(2,14)9(13)11-5-3-8(7-11)4-6-12/h8,12,14H,3-7H2,1-2H3. The minimum atomic E-state index is -1.27. The summed E-state index contributed by atoms with van der Waals surface area (Å²) < 4.78 is 0. The van der Waals surface area contributed by atoms with E-state index in [4.69, 9.17) is 5.11 Å². The molecule has 1 amide bonds. The summed E-state index contributed by atoms with van der Waals surface area (Å²) in [6.07, 6.45) is 1.68. The highest BCUT2D eigenvalue weighted by Gasteiger charge is 2.33. The second-order valence-corrected chi connectivity index (χ2v) is 4.48. The predicted octanol–water partition coefficient (Wildman–Crippen LogP) is -0.0118. The van der Waals surface area contributed by atoms with Crippen LogP contribution in [0, 0.1) is 5.92 Å². The van der Waals surface area contributed by atoms with Crippen molar-refractivity contribution >= 4 is 5.91 Å². The van der Waals surface area contributed by atoms with Gasteiger partial charge in [-0.15, -0.1) is 0 Å². The van der Waals surface area contributed by atoms with Crippen LogP contribution in [0.1, 0.15) is 26.7 Å². The van der Waals surface area contributed by atoms with Gasteiger partial charge in [-0.1, -0.05) is 0 Å². The summed E-state index contributed by atoms with van der Waals surface area (Å²) in [4.78, 5) is 13.3. The molecule has 1 atom stereocenters. The van der Waals surface area contributed by atoms with Crippen molar-refractivity contribution in [2.24, 2.45) is 5.92 Å². The summed E-state index contributed by atoms with van der Waals surface area (Å²) in [7, 11) is 0. The lowest BCUT2D eigenvalue weighted by Crippen LogP contribution is -2.44. The van der Waals surface area contributed by atoms with Gasteiger partial charge in [-0.25, -0.2) is 0 Å². The lowest BCUT2D eigenvalue weighted by molar-refractivity contribution is -0.146. The second-order valence-electron chi connectivity index (χ2n) is 4.48. The van der Waals surface area contributed by atoms with Crippen molar-refractivity contribution in [3.8, 4) is 0 Å². The van der Waals surface area contributed by atoms with Crippen molar-refractivity contribution < 1.29 is 15.0 Å². The number of nitrogens with zero attached hydrogens (tertiary/aromatic N) is 1. The minimum absolute atomic E-state index is 0.176. The van der Waals surface area contributed by atoms with Crippen LogP contribution >= 0.6 is 0 Å². The Balaban J connectivity index is 2.46. The van der Waals surface area contributed by atoms with Gasteiger partial charge in [0.2, 0.25) is 0 Å². The summed E-state index contributed by atoms with van der Waals surface area (Å²) in [5.41, 5.74) is -1.27. The van der Waals surface area contributed by atoms with Crippen LogP contribution in [0.2, 0.25) is 0 Å². The topological polar surface area (TPSA) is 60.8 Å². The number of likely N-dealkylation sites (tertiary alicyclic amines) is 1. The fraction of sp³-hybridized carbons (Fsp3) is 0.900. The Bertz CT molecular complexity index is 210. The SMILES string of the molecule is CC(C)(O)C(=O)N1CCC(CCO)C1. The Morgan fingerprint density at radius 2 is 2.21 bits per heavy atom. The quantitative estimate of drug-likeness (QED) is 0.675. The molecule has 82 valence electrons.